The van der Waals surface area contributed by atoms with Gasteiger partial charge in [0.2, 0.25) is 5.91 Å². The van der Waals surface area contributed by atoms with Gasteiger partial charge in [-0.15, -0.1) is 0 Å². The molecule has 2 saturated heterocycles. The molecule has 1 N–H and O–H groups in total. The molecule has 1 atom stereocenters. The van der Waals surface area contributed by atoms with E-state index in [1.807, 2.05) is 31.2 Å². The number of rotatable bonds is 7. The predicted molar refractivity (Wildman–Crippen MR) is 157 cm³/mol. The molecule has 2 aliphatic rings. The van der Waals surface area contributed by atoms with Crippen LogP contribution in [0.1, 0.15) is 30.0 Å². The number of aryl methyl sites for hydroxylation is 1. The summed E-state index contributed by atoms with van der Waals surface area (Å²) in [6.07, 6.45) is 2.87. The van der Waals surface area contributed by atoms with Gasteiger partial charge in [-0.1, -0.05) is 59.9 Å². The fourth-order valence-electron chi connectivity index (χ4n) is 4.63. The molecule has 0 saturated carbocycles. The van der Waals surface area contributed by atoms with Gasteiger partial charge in [-0.2, -0.15) is 0 Å². The average Bonchev–Trinajstić information content (AvgIpc) is 3.20. The second kappa shape index (κ2) is 11.6. The Labute approximate surface area is 240 Å². The average molecular weight is 578 g/mol. The first-order valence-electron chi connectivity index (χ1n) is 12.8. The number of esters is 1. The normalized spacial score (nSPS) is 18.5. The molecule has 40 heavy (non-hydrogen) atoms. The summed E-state index contributed by atoms with van der Waals surface area (Å²) in [5.74, 6) is -1.02. The number of ether oxygens (including phenoxy) is 1. The SMILES string of the molecule is CCOC(=O)CC1C(=O)NCCN1c1nc2ccccn2c(=O)c1/C=C1/SC(=S)N(Cc2ccc(C)cc2)C1=O. The van der Waals surface area contributed by atoms with Gasteiger partial charge in [0.25, 0.3) is 11.5 Å². The largest absolute Gasteiger partial charge is 0.466 e. The van der Waals surface area contributed by atoms with Crippen LogP contribution in [-0.4, -0.2) is 62.1 Å². The number of anilines is 1. The number of nitrogens with zero attached hydrogens (tertiary/aromatic N) is 4. The van der Waals surface area contributed by atoms with Gasteiger partial charge in [-0.05, 0) is 37.6 Å². The van der Waals surface area contributed by atoms with Crippen LogP contribution in [0.4, 0.5) is 5.82 Å². The maximum absolute atomic E-state index is 13.8. The molecule has 2 aromatic heterocycles. The maximum atomic E-state index is 13.8. The maximum Gasteiger partial charge on any atom is 0.308 e. The number of hydrogen-bond donors (Lipinski definition) is 1. The lowest BCUT2D eigenvalue weighted by molar-refractivity contribution is -0.145. The molecule has 0 radical (unpaired) electrons. The molecule has 12 heteroatoms. The second-order valence-electron chi connectivity index (χ2n) is 9.35. The topological polar surface area (TPSA) is 113 Å². The van der Waals surface area contributed by atoms with Crippen LogP contribution in [0.25, 0.3) is 11.7 Å². The Balaban J connectivity index is 1.57. The van der Waals surface area contributed by atoms with Crippen molar-refractivity contribution in [2.75, 3.05) is 24.6 Å². The van der Waals surface area contributed by atoms with Gasteiger partial charge in [-0.25, -0.2) is 4.98 Å². The zero-order chi connectivity index (χ0) is 28.4. The summed E-state index contributed by atoms with van der Waals surface area (Å²) >= 11 is 6.63. The lowest BCUT2D eigenvalue weighted by Gasteiger charge is -2.36. The molecule has 206 valence electrons. The first kappa shape index (κ1) is 27.5. The third-order valence-electron chi connectivity index (χ3n) is 6.63. The van der Waals surface area contributed by atoms with E-state index in [9.17, 15) is 19.2 Å². The quantitative estimate of drug-likeness (QED) is 0.257. The number of fused-ring (bicyclic) bond motifs is 1. The molecule has 10 nitrogen and oxygen atoms in total. The van der Waals surface area contributed by atoms with Gasteiger partial charge < -0.3 is 15.0 Å². The number of hydrogen-bond acceptors (Lipinski definition) is 9. The fourth-order valence-corrected chi connectivity index (χ4v) is 5.87. The summed E-state index contributed by atoms with van der Waals surface area (Å²) in [7, 11) is 0. The van der Waals surface area contributed by atoms with Crippen molar-refractivity contribution in [2.45, 2.75) is 32.9 Å². The van der Waals surface area contributed by atoms with Gasteiger partial charge in [0.05, 0.1) is 30.0 Å². The zero-order valence-corrected chi connectivity index (χ0v) is 23.6. The summed E-state index contributed by atoms with van der Waals surface area (Å²) in [6, 6.07) is 12.0. The first-order valence-corrected chi connectivity index (χ1v) is 14.0. The molecule has 0 bridgehead atoms. The van der Waals surface area contributed by atoms with E-state index in [0.717, 1.165) is 22.9 Å². The lowest BCUT2D eigenvalue weighted by atomic mass is 10.1. The van der Waals surface area contributed by atoms with Crippen molar-refractivity contribution in [1.29, 1.82) is 0 Å². The van der Waals surface area contributed by atoms with Crippen LogP contribution in [0.15, 0.2) is 58.4 Å². The number of carbonyl (C=O) groups excluding carboxylic acids is 3. The van der Waals surface area contributed by atoms with Gasteiger partial charge in [0, 0.05) is 19.3 Å². The standard InChI is InChI=1S/C28H27N5O5S2/c1-3-38-23(34)15-20-25(35)29-11-13-31(20)24-19(26(36)32-12-5-4-6-22(32)30-24)14-21-27(37)33(28(39)40-21)16-18-9-7-17(2)8-10-18/h4-10,12,14,20H,3,11,13,15-16H2,1-2H3,(H,29,35)/b21-14+. The van der Waals surface area contributed by atoms with E-state index in [1.54, 1.807) is 36.2 Å². The van der Waals surface area contributed by atoms with E-state index >= 15 is 0 Å². The molecule has 5 rings (SSSR count). The smallest absolute Gasteiger partial charge is 0.308 e. The summed E-state index contributed by atoms with van der Waals surface area (Å²) in [5, 5.41) is 2.77. The summed E-state index contributed by atoms with van der Waals surface area (Å²) in [6.45, 7) is 4.77. The number of pyridine rings is 1. The molecule has 3 aromatic rings. The third-order valence-corrected chi connectivity index (χ3v) is 8.01. The van der Waals surface area contributed by atoms with E-state index < -0.39 is 17.6 Å². The van der Waals surface area contributed by atoms with Crippen molar-refractivity contribution < 1.29 is 19.1 Å². The highest BCUT2D eigenvalue weighted by Crippen LogP contribution is 2.35. The monoisotopic (exact) mass is 577 g/mol. The first-order chi connectivity index (χ1) is 19.3. The van der Waals surface area contributed by atoms with Crippen molar-refractivity contribution in [3.8, 4) is 0 Å². The van der Waals surface area contributed by atoms with Crippen molar-refractivity contribution in [1.82, 2.24) is 19.6 Å². The zero-order valence-electron chi connectivity index (χ0n) is 22.0. The van der Waals surface area contributed by atoms with E-state index in [1.165, 1.54) is 15.4 Å². The third kappa shape index (κ3) is 5.50. The van der Waals surface area contributed by atoms with Crippen LogP contribution in [-0.2, 0) is 25.7 Å². The van der Waals surface area contributed by atoms with Crippen LogP contribution >= 0.6 is 24.0 Å². The number of benzene rings is 1. The molecule has 2 fully saturated rings. The van der Waals surface area contributed by atoms with Gasteiger partial charge in [0.15, 0.2) is 0 Å². The number of aromatic nitrogens is 2. The Kier molecular flexibility index (Phi) is 7.99. The van der Waals surface area contributed by atoms with Gasteiger partial charge in [0.1, 0.15) is 21.8 Å². The number of thioether (sulfide) groups is 1. The minimum Gasteiger partial charge on any atom is -0.466 e. The Morgan fingerprint density at radius 3 is 2.73 bits per heavy atom. The molecule has 0 spiro atoms. The van der Waals surface area contributed by atoms with Crippen molar-refractivity contribution in [3.63, 3.8) is 0 Å². The minimum absolute atomic E-state index is 0.128. The van der Waals surface area contributed by atoms with E-state index in [0.29, 0.717) is 29.6 Å². The lowest BCUT2D eigenvalue weighted by Crippen LogP contribution is -2.57. The number of thiocarbonyl (C=S) groups is 1. The van der Waals surface area contributed by atoms with Crippen LogP contribution in [0.5, 0.6) is 0 Å². The molecule has 1 aromatic carbocycles. The summed E-state index contributed by atoms with van der Waals surface area (Å²) in [5.41, 5.74) is 2.12. The molecule has 2 amide bonds. The van der Waals surface area contributed by atoms with Crippen molar-refractivity contribution in [3.05, 3.63) is 80.6 Å². The van der Waals surface area contributed by atoms with Gasteiger partial charge >= 0.3 is 5.97 Å². The Morgan fingerprint density at radius 1 is 1.20 bits per heavy atom. The molecule has 0 aliphatic carbocycles. The highest BCUT2D eigenvalue weighted by molar-refractivity contribution is 8.26. The molecule has 1 unspecified atom stereocenters. The highest BCUT2D eigenvalue weighted by Gasteiger charge is 2.36. The van der Waals surface area contributed by atoms with E-state index in [4.69, 9.17) is 21.9 Å². The van der Waals surface area contributed by atoms with Gasteiger partial charge in [-0.3, -0.25) is 28.5 Å². The minimum atomic E-state index is -0.936. The Bertz CT molecular complexity index is 1600. The fraction of sp³-hybridized carbons (Fsp3) is 0.286. The van der Waals surface area contributed by atoms with Crippen molar-refractivity contribution >= 4 is 63.6 Å². The number of amides is 2. The summed E-state index contributed by atoms with van der Waals surface area (Å²) < 4.78 is 6.85. The molecule has 4 heterocycles. The van der Waals surface area contributed by atoms with Crippen LogP contribution in [0.2, 0.25) is 0 Å². The number of carbonyl (C=O) groups is 3. The van der Waals surface area contributed by atoms with Crippen LogP contribution in [0.3, 0.4) is 0 Å². The molecule has 2 aliphatic heterocycles. The van der Waals surface area contributed by atoms with Crippen LogP contribution in [0, 0.1) is 6.92 Å². The predicted octanol–water partition coefficient (Wildman–Crippen LogP) is 2.66. The number of nitrogens with one attached hydrogen (secondary N) is 1. The molecular weight excluding hydrogens is 550 g/mol. The number of piperazine rings is 1. The van der Waals surface area contributed by atoms with E-state index in [-0.39, 0.29) is 41.1 Å². The Morgan fingerprint density at radius 2 is 1.98 bits per heavy atom. The Hall–Kier alpha value is -4.03. The van der Waals surface area contributed by atoms with Crippen molar-refractivity contribution in [2.24, 2.45) is 0 Å². The van der Waals surface area contributed by atoms with E-state index in [2.05, 4.69) is 5.32 Å². The summed E-state index contributed by atoms with van der Waals surface area (Å²) in [4.78, 5) is 60.6. The molecular formula is C28H27N5O5S2. The second-order valence-corrected chi connectivity index (χ2v) is 11.0. The highest BCUT2D eigenvalue weighted by atomic mass is 32.2. The van der Waals surface area contributed by atoms with Crippen LogP contribution < -0.4 is 15.8 Å².